The van der Waals surface area contributed by atoms with Gasteiger partial charge in [0.1, 0.15) is 18.2 Å². The number of aromatic nitrogens is 5. The summed E-state index contributed by atoms with van der Waals surface area (Å²) in [6.45, 7) is 11.7. The third-order valence-corrected chi connectivity index (χ3v) is 7.81. The molecule has 0 fully saturated rings. The Morgan fingerprint density at radius 3 is 2.57 bits per heavy atom. The highest BCUT2D eigenvalue weighted by molar-refractivity contribution is 6.76. The molecule has 0 amide bonds. The second kappa shape index (κ2) is 11.5. The molecule has 4 aromatic rings. The molecule has 9 heteroatoms. The van der Waals surface area contributed by atoms with Crippen LogP contribution in [0.3, 0.4) is 0 Å². The molecule has 0 N–H and O–H groups in total. The summed E-state index contributed by atoms with van der Waals surface area (Å²) in [4.78, 5) is 11.3. The number of hydrogen-bond donors (Lipinski definition) is 0. The van der Waals surface area contributed by atoms with Crippen LogP contribution in [0.5, 0.6) is 0 Å². The average molecular weight is 521 g/mol. The van der Waals surface area contributed by atoms with Gasteiger partial charge >= 0.3 is 0 Å². The monoisotopic (exact) mass is 520 g/mol. The first kappa shape index (κ1) is 26.9. The standard InChI is InChI=1S/C28H37FN6OSi/c1-21-8-7-9-26(31-21)28-24(17-35(32-28)20-36-14-15-37(4,5)6)22-10-11-25(29)23(16-22)27-18-34(19-30-27)13-12-33(2)3/h7-11,16-19H,12-15,20H2,1-6H3. The molecule has 0 unspecified atom stereocenters. The smallest absolute Gasteiger partial charge is 0.139 e. The van der Waals surface area contributed by atoms with Gasteiger partial charge < -0.3 is 14.2 Å². The number of nitrogens with zero attached hydrogens (tertiary/aromatic N) is 6. The summed E-state index contributed by atoms with van der Waals surface area (Å²) in [7, 11) is 2.88. The number of ether oxygens (including phenoxy) is 1. The number of hydrogen-bond acceptors (Lipinski definition) is 5. The molecule has 4 rings (SSSR count). The Balaban J connectivity index is 1.67. The molecule has 0 radical (unpaired) electrons. The maximum atomic E-state index is 15.0. The number of benzene rings is 1. The van der Waals surface area contributed by atoms with Gasteiger partial charge in [-0.05, 0) is 56.9 Å². The fourth-order valence-electron chi connectivity index (χ4n) is 3.93. The van der Waals surface area contributed by atoms with Crippen molar-refractivity contribution in [1.82, 2.24) is 29.2 Å². The Kier molecular flexibility index (Phi) is 8.36. The SMILES string of the molecule is Cc1cccc(-c2nn(COCC[Si](C)(C)C)cc2-c2ccc(F)c(-c3cn(CCN(C)C)cn3)c2)n1. The van der Waals surface area contributed by atoms with Crippen LogP contribution in [0.2, 0.25) is 25.7 Å². The lowest BCUT2D eigenvalue weighted by Gasteiger charge is -2.15. The Morgan fingerprint density at radius 1 is 1.03 bits per heavy atom. The molecule has 3 heterocycles. The van der Waals surface area contributed by atoms with Gasteiger partial charge in [-0.2, -0.15) is 5.10 Å². The van der Waals surface area contributed by atoms with Crippen LogP contribution >= 0.6 is 0 Å². The number of rotatable bonds is 11. The summed E-state index contributed by atoms with van der Waals surface area (Å²) < 4.78 is 24.7. The van der Waals surface area contributed by atoms with E-state index < -0.39 is 8.07 Å². The van der Waals surface area contributed by atoms with Crippen LogP contribution in [0.1, 0.15) is 5.69 Å². The van der Waals surface area contributed by atoms with Crippen LogP contribution in [0.4, 0.5) is 4.39 Å². The molecular formula is C28H37FN6OSi. The van der Waals surface area contributed by atoms with Crippen molar-refractivity contribution in [1.29, 1.82) is 0 Å². The molecule has 37 heavy (non-hydrogen) atoms. The van der Waals surface area contributed by atoms with Gasteiger partial charge in [-0.1, -0.05) is 31.8 Å². The second-order valence-electron chi connectivity index (χ2n) is 10.9. The van der Waals surface area contributed by atoms with Gasteiger partial charge in [0.25, 0.3) is 0 Å². The van der Waals surface area contributed by atoms with Crippen LogP contribution in [-0.4, -0.2) is 64.5 Å². The largest absolute Gasteiger partial charge is 0.360 e. The highest BCUT2D eigenvalue weighted by Gasteiger charge is 2.18. The molecule has 0 aliphatic heterocycles. The van der Waals surface area contributed by atoms with Gasteiger partial charge in [0.05, 0.1) is 17.7 Å². The van der Waals surface area contributed by atoms with Crippen molar-refractivity contribution in [3.8, 4) is 33.8 Å². The van der Waals surface area contributed by atoms with E-state index in [1.807, 2.05) is 62.2 Å². The minimum Gasteiger partial charge on any atom is -0.360 e. The molecule has 0 saturated carbocycles. The Morgan fingerprint density at radius 2 is 1.84 bits per heavy atom. The van der Waals surface area contributed by atoms with Crippen LogP contribution in [0.25, 0.3) is 33.8 Å². The number of pyridine rings is 1. The zero-order valence-corrected chi connectivity index (χ0v) is 23.7. The fourth-order valence-corrected chi connectivity index (χ4v) is 4.68. The van der Waals surface area contributed by atoms with Crippen molar-refractivity contribution >= 4 is 8.07 Å². The third kappa shape index (κ3) is 7.21. The van der Waals surface area contributed by atoms with Crippen molar-refractivity contribution in [2.45, 2.75) is 45.9 Å². The zero-order chi connectivity index (χ0) is 26.6. The molecule has 0 spiro atoms. The number of halogens is 1. The second-order valence-corrected chi connectivity index (χ2v) is 16.6. The van der Waals surface area contributed by atoms with Crippen molar-refractivity contribution in [2.75, 3.05) is 27.2 Å². The highest BCUT2D eigenvalue weighted by atomic mass is 28.3. The summed E-state index contributed by atoms with van der Waals surface area (Å²) in [5, 5.41) is 4.82. The molecule has 0 bridgehead atoms. The normalized spacial score (nSPS) is 12.0. The minimum absolute atomic E-state index is 0.307. The molecule has 1 aromatic carbocycles. The van der Waals surface area contributed by atoms with Gasteiger partial charge in [0, 0.05) is 57.0 Å². The van der Waals surface area contributed by atoms with E-state index in [0.29, 0.717) is 24.6 Å². The quantitative estimate of drug-likeness (QED) is 0.185. The minimum atomic E-state index is -1.18. The molecule has 196 valence electrons. The molecule has 3 aromatic heterocycles. The topological polar surface area (TPSA) is 61.0 Å². The van der Waals surface area contributed by atoms with E-state index in [1.165, 1.54) is 6.07 Å². The van der Waals surface area contributed by atoms with E-state index in [1.54, 1.807) is 17.1 Å². The Hall–Kier alpha value is -3.14. The Labute approximate surface area is 220 Å². The fraction of sp³-hybridized carbons (Fsp3) is 0.393. The molecule has 0 atom stereocenters. The van der Waals surface area contributed by atoms with E-state index in [9.17, 15) is 4.39 Å². The van der Waals surface area contributed by atoms with Gasteiger partial charge in [-0.3, -0.25) is 4.98 Å². The highest BCUT2D eigenvalue weighted by Crippen LogP contribution is 2.33. The number of imidazole rings is 1. The summed E-state index contributed by atoms with van der Waals surface area (Å²) in [5.74, 6) is -0.307. The lowest BCUT2D eigenvalue weighted by atomic mass is 10.0. The first-order valence-corrected chi connectivity index (χ1v) is 16.4. The van der Waals surface area contributed by atoms with Gasteiger partial charge in [0.15, 0.2) is 0 Å². The van der Waals surface area contributed by atoms with E-state index in [4.69, 9.17) is 14.8 Å². The van der Waals surface area contributed by atoms with Crippen molar-refractivity contribution in [3.05, 3.63) is 66.6 Å². The molecule has 0 aliphatic carbocycles. The molecule has 0 saturated heterocycles. The number of aryl methyl sites for hydroxylation is 1. The van der Waals surface area contributed by atoms with Gasteiger partial charge in [0.2, 0.25) is 0 Å². The molecule has 7 nitrogen and oxygen atoms in total. The van der Waals surface area contributed by atoms with Crippen molar-refractivity contribution in [3.63, 3.8) is 0 Å². The predicted octanol–water partition coefficient (Wildman–Crippen LogP) is 5.80. The Bertz CT molecular complexity index is 1340. The average Bonchev–Trinajstić information content (AvgIpc) is 3.48. The van der Waals surface area contributed by atoms with E-state index in [2.05, 4.69) is 29.5 Å². The third-order valence-electron chi connectivity index (χ3n) is 6.10. The summed E-state index contributed by atoms with van der Waals surface area (Å²) in [6, 6.07) is 12.1. The van der Waals surface area contributed by atoms with Gasteiger partial charge in [-0.25, -0.2) is 14.1 Å². The van der Waals surface area contributed by atoms with Crippen LogP contribution in [-0.2, 0) is 18.0 Å². The van der Waals surface area contributed by atoms with Crippen molar-refractivity contribution < 1.29 is 9.13 Å². The molecular weight excluding hydrogens is 483 g/mol. The lowest BCUT2D eigenvalue weighted by Crippen LogP contribution is -2.22. The maximum Gasteiger partial charge on any atom is 0.139 e. The summed E-state index contributed by atoms with van der Waals surface area (Å²) in [6.07, 6.45) is 5.61. The van der Waals surface area contributed by atoms with Crippen LogP contribution in [0, 0.1) is 12.7 Å². The predicted molar refractivity (Wildman–Crippen MR) is 149 cm³/mol. The summed E-state index contributed by atoms with van der Waals surface area (Å²) >= 11 is 0. The van der Waals surface area contributed by atoms with Crippen molar-refractivity contribution in [2.24, 2.45) is 0 Å². The van der Waals surface area contributed by atoms with Crippen LogP contribution < -0.4 is 0 Å². The zero-order valence-electron chi connectivity index (χ0n) is 22.7. The van der Waals surface area contributed by atoms with Crippen LogP contribution in [0.15, 0.2) is 55.1 Å². The number of likely N-dealkylation sites (N-methyl/N-ethyl adjacent to an activating group) is 1. The molecule has 0 aliphatic rings. The van der Waals surface area contributed by atoms with E-state index in [0.717, 1.165) is 47.3 Å². The first-order valence-electron chi connectivity index (χ1n) is 12.6. The summed E-state index contributed by atoms with van der Waals surface area (Å²) in [5.41, 5.74) is 5.22. The maximum absolute atomic E-state index is 15.0. The first-order chi connectivity index (χ1) is 17.6. The van der Waals surface area contributed by atoms with E-state index >= 15 is 0 Å². The van der Waals surface area contributed by atoms with Gasteiger partial charge in [-0.15, -0.1) is 0 Å². The lowest BCUT2D eigenvalue weighted by molar-refractivity contribution is 0.0787. The van der Waals surface area contributed by atoms with E-state index in [-0.39, 0.29) is 5.82 Å².